The number of aromatic hydroxyl groups is 4. The second-order valence-electron chi connectivity index (χ2n) is 6.95. The van der Waals surface area contributed by atoms with Crippen LogP contribution in [0.1, 0.15) is 11.1 Å². The van der Waals surface area contributed by atoms with Gasteiger partial charge in [-0.2, -0.15) is 0 Å². The van der Waals surface area contributed by atoms with E-state index in [0.29, 0.717) is 11.1 Å². The van der Waals surface area contributed by atoms with E-state index in [1.165, 1.54) is 24.3 Å². The molecule has 4 nitrogen and oxygen atoms in total. The molecule has 0 aliphatic carbocycles. The molecular weight excluding hydrogens is 352 g/mol. The fraction of sp³-hybridized carbons (Fsp3) is 0.0833. The SMILES string of the molecule is Cc1c(C)c(-c2cc(O)ccc2O)c2ccccc2c1-c1cc(O)ccc1O. The van der Waals surface area contributed by atoms with E-state index in [-0.39, 0.29) is 23.0 Å². The van der Waals surface area contributed by atoms with Crippen LogP contribution in [-0.2, 0) is 0 Å². The standard InChI is InChI=1S/C24H20O4/c1-13-14(2)24(20-12-16(26)8-10-22(20)28)18-6-4-3-5-17(18)23(13)19-11-15(25)7-9-21(19)27/h3-12,25-28H,1-2H3. The number of phenolic OH excluding ortho intramolecular Hbond substituents is 4. The molecule has 0 radical (unpaired) electrons. The molecule has 4 N–H and O–H groups in total. The Hall–Kier alpha value is -3.66. The predicted octanol–water partition coefficient (Wildman–Crippen LogP) is 5.61. The summed E-state index contributed by atoms with van der Waals surface area (Å²) in [5.74, 6) is 0.309. The lowest BCUT2D eigenvalue weighted by atomic mass is 9.84. The smallest absolute Gasteiger partial charge is 0.123 e. The summed E-state index contributed by atoms with van der Waals surface area (Å²) in [6.45, 7) is 3.90. The first kappa shape index (κ1) is 17.7. The number of hydrogen-bond donors (Lipinski definition) is 4. The summed E-state index contributed by atoms with van der Waals surface area (Å²) >= 11 is 0. The quantitative estimate of drug-likeness (QED) is 0.345. The van der Waals surface area contributed by atoms with Crippen LogP contribution in [0.2, 0.25) is 0 Å². The molecule has 4 rings (SSSR count). The van der Waals surface area contributed by atoms with Gasteiger partial charge in [0.1, 0.15) is 23.0 Å². The molecule has 0 amide bonds. The van der Waals surface area contributed by atoms with Gasteiger partial charge in [-0.15, -0.1) is 0 Å². The molecular formula is C24H20O4. The van der Waals surface area contributed by atoms with Gasteiger partial charge in [0, 0.05) is 11.1 Å². The lowest BCUT2D eigenvalue weighted by molar-refractivity contribution is 0.462. The second kappa shape index (κ2) is 6.50. The number of phenols is 4. The van der Waals surface area contributed by atoms with E-state index in [0.717, 1.165) is 33.0 Å². The molecule has 0 bridgehead atoms. The third-order valence-corrected chi connectivity index (χ3v) is 5.28. The number of hydrogen-bond acceptors (Lipinski definition) is 4. The number of benzene rings is 4. The van der Waals surface area contributed by atoms with Crippen molar-refractivity contribution in [1.29, 1.82) is 0 Å². The average Bonchev–Trinajstić information content (AvgIpc) is 2.68. The van der Waals surface area contributed by atoms with E-state index in [4.69, 9.17) is 0 Å². The Morgan fingerprint density at radius 3 is 1.32 bits per heavy atom. The Morgan fingerprint density at radius 2 is 0.929 bits per heavy atom. The van der Waals surface area contributed by atoms with Crippen molar-refractivity contribution in [2.24, 2.45) is 0 Å². The van der Waals surface area contributed by atoms with Crippen LogP contribution in [0.5, 0.6) is 23.0 Å². The summed E-state index contributed by atoms with van der Waals surface area (Å²) in [6.07, 6.45) is 0. The Balaban J connectivity index is 2.17. The molecule has 0 fully saturated rings. The zero-order valence-electron chi connectivity index (χ0n) is 15.6. The summed E-state index contributed by atoms with van der Waals surface area (Å²) in [7, 11) is 0. The van der Waals surface area contributed by atoms with Gasteiger partial charge in [0.2, 0.25) is 0 Å². The highest BCUT2D eigenvalue weighted by Crippen LogP contribution is 2.46. The van der Waals surface area contributed by atoms with E-state index in [1.807, 2.05) is 38.1 Å². The van der Waals surface area contributed by atoms with E-state index in [1.54, 1.807) is 12.1 Å². The van der Waals surface area contributed by atoms with Gasteiger partial charge in [0.05, 0.1) is 0 Å². The van der Waals surface area contributed by atoms with Crippen LogP contribution in [0.4, 0.5) is 0 Å². The normalized spacial score (nSPS) is 11.1. The van der Waals surface area contributed by atoms with Crippen molar-refractivity contribution in [2.75, 3.05) is 0 Å². The van der Waals surface area contributed by atoms with Gasteiger partial charge in [0.15, 0.2) is 0 Å². The maximum absolute atomic E-state index is 10.4. The monoisotopic (exact) mass is 372 g/mol. The topological polar surface area (TPSA) is 80.9 Å². The molecule has 4 heteroatoms. The lowest BCUT2D eigenvalue weighted by Gasteiger charge is -2.20. The van der Waals surface area contributed by atoms with E-state index in [9.17, 15) is 20.4 Å². The van der Waals surface area contributed by atoms with Crippen molar-refractivity contribution in [3.8, 4) is 45.3 Å². The number of rotatable bonds is 2. The summed E-state index contributed by atoms with van der Waals surface area (Å²) in [4.78, 5) is 0. The summed E-state index contributed by atoms with van der Waals surface area (Å²) in [6, 6.07) is 16.7. The largest absolute Gasteiger partial charge is 0.508 e. The van der Waals surface area contributed by atoms with Gasteiger partial charge in [-0.05, 0) is 83.3 Å². The van der Waals surface area contributed by atoms with Gasteiger partial charge in [-0.3, -0.25) is 0 Å². The molecule has 0 unspecified atom stereocenters. The number of fused-ring (bicyclic) bond motifs is 1. The van der Waals surface area contributed by atoms with Crippen molar-refractivity contribution < 1.29 is 20.4 Å². The van der Waals surface area contributed by atoms with Crippen LogP contribution in [0.25, 0.3) is 33.0 Å². The molecule has 0 heterocycles. The molecule has 4 aromatic rings. The molecule has 0 saturated heterocycles. The minimum absolute atomic E-state index is 0.0728. The van der Waals surface area contributed by atoms with Gasteiger partial charge in [0.25, 0.3) is 0 Å². The molecule has 0 aromatic heterocycles. The zero-order valence-corrected chi connectivity index (χ0v) is 15.6. The molecule has 140 valence electrons. The van der Waals surface area contributed by atoms with Gasteiger partial charge in [-0.25, -0.2) is 0 Å². The average molecular weight is 372 g/mol. The van der Waals surface area contributed by atoms with Crippen molar-refractivity contribution in [1.82, 2.24) is 0 Å². The molecule has 4 aromatic carbocycles. The van der Waals surface area contributed by atoms with Crippen LogP contribution in [0.15, 0.2) is 60.7 Å². The minimum Gasteiger partial charge on any atom is -0.508 e. The Labute approximate surface area is 162 Å². The van der Waals surface area contributed by atoms with Crippen LogP contribution < -0.4 is 0 Å². The van der Waals surface area contributed by atoms with Crippen LogP contribution in [-0.4, -0.2) is 20.4 Å². The third kappa shape index (κ3) is 2.70. The maximum Gasteiger partial charge on any atom is 0.123 e. The highest BCUT2D eigenvalue weighted by molar-refractivity contribution is 6.09. The molecule has 0 spiro atoms. The first-order chi connectivity index (χ1) is 13.4. The molecule has 0 saturated carbocycles. The van der Waals surface area contributed by atoms with Crippen molar-refractivity contribution >= 4 is 10.8 Å². The van der Waals surface area contributed by atoms with Gasteiger partial charge >= 0.3 is 0 Å². The van der Waals surface area contributed by atoms with Crippen LogP contribution in [0.3, 0.4) is 0 Å². The van der Waals surface area contributed by atoms with E-state index >= 15 is 0 Å². The van der Waals surface area contributed by atoms with Crippen molar-refractivity contribution in [3.63, 3.8) is 0 Å². The molecule has 28 heavy (non-hydrogen) atoms. The first-order valence-electron chi connectivity index (χ1n) is 8.95. The Bertz CT molecular complexity index is 1130. The van der Waals surface area contributed by atoms with E-state index in [2.05, 4.69) is 0 Å². The van der Waals surface area contributed by atoms with Crippen LogP contribution >= 0.6 is 0 Å². The highest BCUT2D eigenvalue weighted by atomic mass is 16.3. The molecule has 0 aliphatic rings. The van der Waals surface area contributed by atoms with Crippen molar-refractivity contribution in [3.05, 3.63) is 71.8 Å². The molecule has 0 aliphatic heterocycles. The van der Waals surface area contributed by atoms with Crippen LogP contribution in [0, 0.1) is 13.8 Å². The Kier molecular flexibility index (Phi) is 4.12. The minimum atomic E-state index is 0.0728. The second-order valence-corrected chi connectivity index (χ2v) is 6.95. The van der Waals surface area contributed by atoms with Gasteiger partial charge < -0.3 is 20.4 Å². The third-order valence-electron chi connectivity index (χ3n) is 5.28. The summed E-state index contributed by atoms with van der Waals surface area (Å²) < 4.78 is 0. The zero-order chi connectivity index (χ0) is 20.0. The summed E-state index contributed by atoms with van der Waals surface area (Å²) in [5.41, 5.74) is 4.57. The maximum atomic E-state index is 10.4. The van der Waals surface area contributed by atoms with E-state index < -0.39 is 0 Å². The lowest BCUT2D eigenvalue weighted by Crippen LogP contribution is -1.96. The molecule has 0 atom stereocenters. The van der Waals surface area contributed by atoms with Gasteiger partial charge in [-0.1, -0.05) is 24.3 Å². The summed E-state index contributed by atoms with van der Waals surface area (Å²) in [5, 5.41) is 42.6. The predicted molar refractivity (Wildman–Crippen MR) is 111 cm³/mol. The first-order valence-corrected chi connectivity index (χ1v) is 8.95. The fourth-order valence-corrected chi connectivity index (χ4v) is 3.84. The highest BCUT2D eigenvalue weighted by Gasteiger charge is 2.20. The Morgan fingerprint density at radius 1 is 0.536 bits per heavy atom. The fourth-order valence-electron chi connectivity index (χ4n) is 3.84. The van der Waals surface area contributed by atoms with Crippen molar-refractivity contribution in [2.45, 2.75) is 13.8 Å².